The normalized spacial score (nSPS) is 11.6. The molecular formula is C18H22N2O3. The summed E-state index contributed by atoms with van der Waals surface area (Å²) in [5.41, 5.74) is 6.97. The Kier molecular flexibility index (Phi) is 6.44. The smallest absolute Gasteiger partial charge is 0.222 e. The van der Waals surface area contributed by atoms with E-state index in [9.17, 15) is 4.79 Å². The molecule has 0 heterocycles. The molecule has 0 fully saturated rings. The number of nitrogens with two attached hydrogens (primary N) is 1. The van der Waals surface area contributed by atoms with Crippen molar-refractivity contribution in [2.45, 2.75) is 12.5 Å². The fourth-order valence-corrected chi connectivity index (χ4v) is 2.12. The third kappa shape index (κ3) is 5.64. The zero-order valence-electron chi connectivity index (χ0n) is 13.2. The lowest BCUT2D eigenvalue weighted by molar-refractivity contribution is -0.121. The van der Waals surface area contributed by atoms with Crippen LogP contribution in [-0.4, -0.2) is 26.2 Å². The van der Waals surface area contributed by atoms with Crippen LogP contribution >= 0.6 is 0 Å². The van der Waals surface area contributed by atoms with Gasteiger partial charge in [0.25, 0.3) is 0 Å². The molecule has 5 nitrogen and oxygen atoms in total. The largest absolute Gasteiger partial charge is 0.497 e. The quantitative estimate of drug-likeness (QED) is 0.733. The van der Waals surface area contributed by atoms with Gasteiger partial charge in [-0.15, -0.1) is 0 Å². The number of ether oxygens (including phenoxy) is 2. The van der Waals surface area contributed by atoms with Gasteiger partial charge >= 0.3 is 0 Å². The van der Waals surface area contributed by atoms with Gasteiger partial charge in [-0.2, -0.15) is 0 Å². The number of hydrogen-bond acceptors (Lipinski definition) is 4. The van der Waals surface area contributed by atoms with E-state index in [1.807, 2.05) is 54.6 Å². The molecule has 1 amide bonds. The highest BCUT2D eigenvalue weighted by atomic mass is 16.5. The molecule has 0 spiro atoms. The van der Waals surface area contributed by atoms with Gasteiger partial charge in [0.05, 0.1) is 13.7 Å². The van der Waals surface area contributed by atoms with Crippen LogP contribution in [0.4, 0.5) is 0 Å². The van der Waals surface area contributed by atoms with Gasteiger partial charge in [-0.3, -0.25) is 4.79 Å². The summed E-state index contributed by atoms with van der Waals surface area (Å²) in [4.78, 5) is 11.9. The lowest BCUT2D eigenvalue weighted by Crippen LogP contribution is -2.30. The number of benzene rings is 2. The second-order valence-electron chi connectivity index (χ2n) is 5.10. The Bertz CT molecular complexity index is 599. The van der Waals surface area contributed by atoms with Crippen molar-refractivity contribution in [2.24, 2.45) is 5.73 Å². The Morgan fingerprint density at radius 3 is 2.39 bits per heavy atom. The molecule has 0 aromatic heterocycles. The van der Waals surface area contributed by atoms with Crippen LogP contribution in [0.1, 0.15) is 18.0 Å². The molecule has 0 saturated carbocycles. The Morgan fingerprint density at radius 1 is 1.09 bits per heavy atom. The van der Waals surface area contributed by atoms with Crippen LogP contribution in [0.15, 0.2) is 54.6 Å². The number of amides is 1. The summed E-state index contributed by atoms with van der Waals surface area (Å²) in [7, 11) is 1.62. The SMILES string of the molecule is COc1ccc(OCCNC(=O)CC(N)c2ccccc2)cc1. The monoisotopic (exact) mass is 314 g/mol. The second-order valence-corrected chi connectivity index (χ2v) is 5.10. The summed E-state index contributed by atoms with van der Waals surface area (Å²) in [6, 6.07) is 16.6. The lowest BCUT2D eigenvalue weighted by atomic mass is 10.0. The summed E-state index contributed by atoms with van der Waals surface area (Å²) >= 11 is 0. The molecule has 2 aromatic carbocycles. The molecule has 0 bridgehead atoms. The molecule has 1 atom stereocenters. The van der Waals surface area contributed by atoms with Crippen molar-refractivity contribution in [3.8, 4) is 11.5 Å². The van der Waals surface area contributed by atoms with Crippen LogP contribution in [0.3, 0.4) is 0 Å². The van der Waals surface area contributed by atoms with Crippen LogP contribution in [0, 0.1) is 0 Å². The minimum absolute atomic E-state index is 0.0836. The van der Waals surface area contributed by atoms with Gasteiger partial charge in [0, 0.05) is 12.5 Å². The number of methoxy groups -OCH3 is 1. The molecule has 122 valence electrons. The van der Waals surface area contributed by atoms with Gasteiger partial charge in [-0.25, -0.2) is 0 Å². The lowest BCUT2D eigenvalue weighted by Gasteiger charge is -2.12. The summed E-state index contributed by atoms with van der Waals surface area (Å²) in [6.45, 7) is 0.838. The number of rotatable bonds is 8. The minimum atomic E-state index is -0.293. The molecule has 5 heteroatoms. The first kappa shape index (κ1) is 16.8. The van der Waals surface area contributed by atoms with Crippen LogP contribution < -0.4 is 20.5 Å². The zero-order valence-corrected chi connectivity index (χ0v) is 13.2. The van der Waals surface area contributed by atoms with Crippen molar-refractivity contribution < 1.29 is 14.3 Å². The maximum absolute atomic E-state index is 11.9. The van der Waals surface area contributed by atoms with E-state index >= 15 is 0 Å². The molecule has 0 aliphatic carbocycles. The van der Waals surface area contributed by atoms with Gasteiger partial charge in [0.2, 0.25) is 5.91 Å². The third-order valence-corrected chi connectivity index (χ3v) is 3.39. The molecule has 23 heavy (non-hydrogen) atoms. The van der Waals surface area contributed by atoms with E-state index in [2.05, 4.69) is 5.32 Å². The van der Waals surface area contributed by atoms with Crippen molar-refractivity contribution in [1.29, 1.82) is 0 Å². The molecule has 0 radical (unpaired) electrons. The van der Waals surface area contributed by atoms with E-state index in [0.717, 1.165) is 17.1 Å². The van der Waals surface area contributed by atoms with E-state index in [4.69, 9.17) is 15.2 Å². The zero-order chi connectivity index (χ0) is 16.5. The molecule has 1 unspecified atom stereocenters. The number of carbonyl (C=O) groups excluding carboxylic acids is 1. The molecule has 2 aromatic rings. The maximum atomic E-state index is 11.9. The predicted molar refractivity (Wildman–Crippen MR) is 89.5 cm³/mol. The van der Waals surface area contributed by atoms with Gasteiger partial charge < -0.3 is 20.5 Å². The molecule has 0 aliphatic rings. The highest BCUT2D eigenvalue weighted by Crippen LogP contribution is 2.16. The Labute approximate surface area is 136 Å². The first-order valence-electron chi connectivity index (χ1n) is 7.53. The standard InChI is InChI=1S/C18H22N2O3/c1-22-15-7-9-16(10-8-15)23-12-11-20-18(21)13-17(19)14-5-3-2-4-6-14/h2-10,17H,11-13,19H2,1H3,(H,20,21). The van der Waals surface area contributed by atoms with E-state index in [1.165, 1.54) is 0 Å². The van der Waals surface area contributed by atoms with Gasteiger partial charge in [0.1, 0.15) is 18.1 Å². The molecule has 0 saturated heterocycles. The van der Waals surface area contributed by atoms with Crippen LogP contribution in [0.2, 0.25) is 0 Å². The van der Waals surface area contributed by atoms with E-state index in [0.29, 0.717) is 13.2 Å². The first-order chi connectivity index (χ1) is 11.2. The fourth-order valence-electron chi connectivity index (χ4n) is 2.12. The molecular weight excluding hydrogens is 292 g/mol. The van der Waals surface area contributed by atoms with Crippen molar-refractivity contribution in [3.63, 3.8) is 0 Å². The Morgan fingerprint density at radius 2 is 1.74 bits per heavy atom. The number of hydrogen-bond donors (Lipinski definition) is 2. The van der Waals surface area contributed by atoms with Crippen molar-refractivity contribution in [3.05, 3.63) is 60.2 Å². The first-order valence-corrected chi connectivity index (χ1v) is 7.53. The van der Waals surface area contributed by atoms with Crippen molar-refractivity contribution in [2.75, 3.05) is 20.3 Å². The molecule has 3 N–H and O–H groups in total. The van der Waals surface area contributed by atoms with Crippen LogP contribution in [0.25, 0.3) is 0 Å². The van der Waals surface area contributed by atoms with E-state index < -0.39 is 0 Å². The highest BCUT2D eigenvalue weighted by Gasteiger charge is 2.10. The van der Waals surface area contributed by atoms with E-state index in [1.54, 1.807) is 7.11 Å². The number of carbonyl (C=O) groups is 1. The summed E-state index contributed by atoms with van der Waals surface area (Å²) in [6.07, 6.45) is 0.256. The average Bonchev–Trinajstić information content (AvgIpc) is 2.60. The van der Waals surface area contributed by atoms with Gasteiger partial charge in [0.15, 0.2) is 0 Å². The Hall–Kier alpha value is -2.53. The van der Waals surface area contributed by atoms with Gasteiger partial charge in [-0.1, -0.05) is 30.3 Å². The maximum Gasteiger partial charge on any atom is 0.222 e. The average molecular weight is 314 g/mol. The summed E-state index contributed by atoms with van der Waals surface area (Å²) in [5.74, 6) is 1.43. The van der Waals surface area contributed by atoms with Gasteiger partial charge in [-0.05, 0) is 29.8 Å². The predicted octanol–water partition coefficient (Wildman–Crippen LogP) is 2.28. The van der Waals surface area contributed by atoms with Crippen molar-refractivity contribution in [1.82, 2.24) is 5.32 Å². The van der Waals surface area contributed by atoms with Crippen LogP contribution in [-0.2, 0) is 4.79 Å². The number of nitrogens with one attached hydrogen (secondary N) is 1. The fraction of sp³-hybridized carbons (Fsp3) is 0.278. The third-order valence-electron chi connectivity index (χ3n) is 3.39. The molecule has 2 rings (SSSR count). The second kappa shape index (κ2) is 8.80. The van der Waals surface area contributed by atoms with Crippen molar-refractivity contribution >= 4 is 5.91 Å². The Balaban J connectivity index is 1.66. The topological polar surface area (TPSA) is 73.6 Å². The van der Waals surface area contributed by atoms with Crippen LogP contribution in [0.5, 0.6) is 11.5 Å². The molecule has 0 aliphatic heterocycles. The highest BCUT2D eigenvalue weighted by molar-refractivity contribution is 5.76. The summed E-state index contributed by atoms with van der Waals surface area (Å²) < 4.78 is 10.6. The van der Waals surface area contributed by atoms with E-state index in [-0.39, 0.29) is 18.4 Å². The summed E-state index contributed by atoms with van der Waals surface area (Å²) in [5, 5.41) is 2.81. The minimum Gasteiger partial charge on any atom is -0.497 e.